The molecule has 0 saturated carbocycles. The number of anilines is 5. The van der Waals surface area contributed by atoms with Gasteiger partial charge < -0.3 is 20.7 Å². The highest BCUT2D eigenvalue weighted by atomic mass is 35.5. The van der Waals surface area contributed by atoms with Crippen molar-refractivity contribution in [3.05, 3.63) is 95.1 Å². The number of nitrogens with zero attached hydrogens (tertiary/aromatic N) is 2. The Morgan fingerprint density at radius 3 is 2.18 bits per heavy atom. The molecule has 0 saturated heterocycles. The largest absolute Gasteiger partial charge is 0.497 e. The molecule has 3 N–H and O–H groups in total. The van der Waals surface area contributed by atoms with Crippen LogP contribution < -0.4 is 20.7 Å². The number of nitrogens with one attached hydrogen (secondary N) is 3. The first-order valence-electron chi connectivity index (χ1n) is 10.2. The Morgan fingerprint density at radius 1 is 0.848 bits per heavy atom. The molecule has 7 nitrogen and oxygen atoms in total. The molecule has 0 aliphatic heterocycles. The zero-order chi connectivity index (χ0) is 23.2. The van der Waals surface area contributed by atoms with Crippen molar-refractivity contribution in [2.24, 2.45) is 0 Å². The molecule has 3 aromatic carbocycles. The van der Waals surface area contributed by atoms with Gasteiger partial charge in [0.2, 0.25) is 5.95 Å². The van der Waals surface area contributed by atoms with E-state index in [0.29, 0.717) is 28.0 Å². The fourth-order valence-corrected chi connectivity index (χ4v) is 3.34. The summed E-state index contributed by atoms with van der Waals surface area (Å²) in [5.74, 6) is 1.64. The van der Waals surface area contributed by atoms with Crippen LogP contribution in [-0.4, -0.2) is 23.0 Å². The highest BCUT2D eigenvalue weighted by Gasteiger charge is 2.10. The molecule has 0 aliphatic carbocycles. The zero-order valence-electron chi connectivity index (χ0n) is 18.1. The summed E-state index contributed by atoms with van der Waals surface area (Å²) < 4.78 is 5.19. The highest BCUT2D eigenvalue weighted by Crippen LogP contribution is 2.23. The molecule has 0 aliphatic rings. The van der Waals surface area contributed by atoms with Gasteiger partial charge in [-0.25, -0.2) is 4.98 Å². The van der Waals surface area contributed by atoms with E-state index >= 15 is 0 Å². The summed E-state index contributed by atoms with van der Waals surface area (Å²) in [4.78, 5) is 21.4. The van der Waals surface area contributed by atoms with Gasteiger partial charge in [0, 0.05) is 28.8 Å². The van der Waals surface area contributed by atoms with Gasteiger partial charge in [0.1, 0.15) is 11.6 Å². The van der Waals surface area contributed by atoms with E-state index in [4.69, 9.17) is 16.3 Å². The average Bonchev–Trinajstić information content (AvgIpc) is 2.81. The number of carbonyl (C=O) groups excluding carboxylic acids is 1. The van der Waals surface area contributed by atoms with E-state index in [-0.39, 0.29) is 5.91 Å². The molecule has 0 bridgehead atoms. The summed E-state index contributed by atoms with van der Waals surface area (Å²) in [6.07, 6.45) is 0. The minimum atomic E-state index is -0.266. The molecule has 166 valence electrons. The van der Waals surface area contributed by atoms with Crippen LogP contribution in [-0.2, 0) is 0 Å². The van der Waals surface area contributed by atoms with Crippen molar-refractivity contribution in [2.75, 3.05) is 23.1 Å². The molecule has 8 heteroatoms. The van der Waals surface area contributed by atoms with Crippen LogP contribution in [0.2, 0.25) is 5.02 Å². The van der Waals surface area contributed by atoms with E-state index in [2.05, 4.69) is 25.9 Å². The van der Waals surface area contributed by atoms with Crippen molar-refractivity contribution >= 4 is 46.3 Å². The van der Waals surface area contributed by atoms with Crippen molar-refractivity contribution in [3.63, 3.8) is 0 Å². The van der Waals surface area contributed by atoms with Gasteiger partial charge in [-0.05, 0) is 67.6 Å². The van der Waals surface area contributed by atoms with E-state index in [1.54, 1.807) is 43.5 Å². The van der Waals surface area contributed by atoms with Gasteiger partial charge in [0.05, 0.1) is 17.7 Å². The maximum absolute atomic E-state index is 12.4. The van der Waals surface area contributed by atoms with Crippen LogP contribution in [0.4, 0.5) is 28.8 Å². The van der Waals surface area contributed by atoms with Crippen molar-refractivity contribution in [1.82, 2.24) is 9.97 Å². The molecule has 0 fully saturated rings. The summed E-state index contributed by atoms with van der Waals surface area (Å²) in [5, 5.41) is 9.71. The second-order valence-electron chi connectivity index (χ2n) is 7.21. The zero-order valence-corrected chi connectivity index (χ0v) is 18.9. The second-order valence-corrected chi connectivity index (χ2v) is 7.62. The third-order valence-electron chi connectivity index (χ3n) is 4.73. The number of benzene rings is 3. The van der Waals surface area contributed by atoms with Gasteiger partial charge >= 0.3 is 0 Å². The van der Waals surface area contributed by atoms with Crippen LogP contribution in [0.5, 0.6) is 5.75 Å². The number of halogens is 1. The van der Waals surface area contributed by atoms with Crippen LogP contribution in [0, 0.1) is 6.92 Å². The lowest BCUT2D eigenvalue weighted by Crippen LogP contribution is -2.12. The number of aromatic nitrogens is 2. The Bertz CT molecular complexity index is 1260. The van der Waals surface area contributed by atoms with Crippen molar-refractivity contribution in [3.8, 4) is 5.75 Å². The monoisotopic (exact) mass is 459 g/mol. The minimum Gasteiger partial charge on any atom is -0.497 e. The summed E-state index contributed by atoms with van der Waals surface area (Å²) in [6.45, 7) is 1.90. The van der Waals surface area contributed by atoms with E-state index < -0.39 is 0 Å². The SMILES string of the molecule is COc1ccc(Nc2cc(C)nc(Nc3ccc(NC(=O)c4ccccc4Cl)cc3)n2)cc1. The van der Waals surface area contributed by atoms with Crippen LogP contribution in [0.25, 0.3) is 0 Å². The third kappa shape index (κ3) is 5.78. The number of aryl methyl sites for hydroxylation is 1. The van der Waals surface area contributed by atoms with Crippen LogP contribution in [0.3, 0.4) is 0 Å². The summed E-state index contributed by atoms with van der Waals surface area (Å²) in [6, 6.07) is 23.6. The third-order valence-corrected chi connectivity index (χ3v) is 5.06. The molecule has 0 atom stereocenters. The Kier molecular flexibility index (Phi) is 6.71. The molecule has 0 unspecified atom stereocenters. The summed E-state index contributed by atoms with van der Waals surface area (Å²) in [7, 11) is 1.63. The quantitative estimate of drug-likeness (QED) is 0.305. The predicted molar refractivity (Wildman–Crippen MR) is 132 cm³/mol. The van der Waals surface area contributed by atoms with Gasteiger partial charge in [0.25, 0.3) is 5.91 Å². The van der Waals surface area contributed by atoms with Gasteiger partial charge in [-0.3, -0.25) is 4.79 Å². The molecule has 1 heterocycles. The molecule has 4 aromatic rings. The molecular weight excluding hydrogens is 438 g/mol. The molecule has 33 heavy (non-hydrogen) atoms. The second kappa shape index (κ2) is 10.0. The minimum absolute atomic E-state index is 0.266. The molecule has 1 amide bonds. The maximum Gasteiger partial charge on any atom is 0.257 e. The fraction of sp³-hybridized carbons (Fsp3) is 0.0800. The fourth-order valence-electron chi connectivity index (χ4n) is 3.12. The molecule has 4 rings (SSSR count). The number of hydrogen-bond donors (Lipinski definition) is 3. The van der Waals surface area contributed by atoms with Gasteiger partial charge in [-0.2, -0.15) is 4.98 Å². The molecule has 1 aromatic heterocycles. The Hall–Kier alpha value is -4.10. The lowest BCUT2D eigenvalue weighted by Gasteiger charge is -2.11. The van der Waals surface area contributed by atoms with Gasteiger partial charge in [-0.1, -0.05) is 23.7 Å². The number of methoxy groups -OCH3 is 1. The lowest BCUT2D eigenvalue weighted by atomic mass is 10.2. The van der Waals surface area contributed by atoms with Gasteiger partial charge in [-0.15, -0.1) is 0 Å². The Labute approximate surface area is 196 Å². The predicted octanol–water partition coefficient (Wildman–Crippen LogP) is 6.19. The van der Waals surface area contributed by atoms with E-state index in [9.17, 15) is 4.79 Å². The first-order valence-corrected chi connectivity index (χ1v) is 10.6. The van der Waals surface area contributed by atoms with Crippen LogP contribution in [0.1, 0.15) is 16.1 Å². The standard InChI is InChI=1S/C25H22ClN5O2/c1-16-15-23(28-17-11-13-20(33-2)14-12-17)31-25(27-16)30-19-9-7-18(8-10-19)29-24(32)21-5-3-4-6-22(21)26/h3-15H,1-2H3,(H,29,32)(H2,27,28,30,31). The van der Waals surface area contributed by atoms with Gasteiger partial charge in [0.15, 0.2) is 0 Å². The maximum atomic E-state index is 12.4. The Balaban J connectivity index is 1.43. The topological polar surface area (TPSA) is 88.2 Å². The van der Waals surface area contributed by atoms with Crippen molar-refractivity contribution < 1.29 is 9.53 Å². The number of hydrogen-bond acceptors (Lipinski definition) is 6. The molecule has 0 radical (unpaired) electrons. The van der Waals surface area contributed by atoms with E-state index in [1.165, 1.54) is 0 Å². The normalized spacial score (nSPS) is 10.4. The van der Waals surface area contributed by atoms with E-state index in [1.807, 2.05) is 49.4 Å². The number of ether oxygens (including phenoxy) is 1. The number of rotatable bonds is 7. The highest BCUT2D eigenvalue weighted by molar-refractivity contribution is 6.34. The summed E-state index contributed by atoms with van der Waals surface area (Å²) in [5.41, 5.74) is 3.56. The number of carbonyl (C=O) groups is 1. The Morgan fingerprint density at radius 2 is 1.48 bits per heavy atom. The van der Waals surface area contributed by atoms with Crippen LogP contribution in [0.15, 0.2) is 78.9 Å². The first kappa shape index (κ1) is 22.1. The molecule has 0 spiro atoms. The lowest BCUT2D eigenvalue weighted by molar-refractivity contribution is 0.102. The van der Waals surface area contributed by atoms with Crippen molar-refractivity contribution in [2.45, 2.75) is 6.92 Å². The molecular formula is C25H22ClN5O2. The van der Waals surface area contributed by atoms with E-state index in [0.717, 1.165) is 22.8 Å². The van der Waals surface area contributed by atoms with Crippen LogP contribution >= 0.6 is 11.6 Å². The van der Waals surface area contributed by atoms with Crippen molar-refractivity contribution in [1.29, 1.82) is 0 Å². The summed E-state index contributed by atoms with van der Waals surface area (Å²) >= 11 is 6.10. The first-order chi connectivity index (χ1) is 16.0. The average molecular weight is 460 g/mol. The number of amides is 1. The smallest absolute Gasteiger partial charge is 0.257 e.